The molecule has 0 radical (unpaired) electrons. The quantitative estimate of drug-likeness (QED) is 0.324. The Labute approximate surface area is 198 Å². The topological polar surface area (TPSA) is 76.2 Å². The highest BCUT2D eigenvalue weighted by molar-refractivity contribution is 7.99. The Kier molecular flexibility index (Phi) is 7.32. The lowest BCUT2D eigenvalue weighted by Crippen LogP contribution is -2.18. The van der Waals surface area contributed by atoms with E-state index in [-0.39, 0.29) is 28.2 Å². The highest BCUT2D eigenvalue weighted by atomic mass is 32.2. The second-order valence-electron chi connectivity index (χ2n) is 10.2. The zero-order chi connectivity index (χ0) is 24.4. The van der Waals surface area contributed by atoms with Gasteiger partial charge in [-0.15, -0.1) is 10.2 Å². The average Bonchev–Trinajstić information content (AvgIpc) is 3.18. The lowest BCUT2D eigenvalue weighted by Gasteiger charge is -2.28. The van der Waals surface area contributed by atoms with Crippen molar-refractivity contribution in [1.82, 2.24) is 10.2 Å². The third kappa shape index (κ3) is 6.44. The minimum absolute atomic E-state index is 0.131. The zero-order valence-electron chi connectivity index (χ0n) is 20.0. The smallest absolute Gasteiger partial charge is 0.277 e. The van der Waals surface area contributed by atoms with Crippen LogP contribution in [0.15, 0.2) is 46.0 Å². The van der Waals surface area contributed by atoms with E-state index in [1.54, 1.807) is 0 Å². The molecule has 0 aliphatic heterocycles. The fraction of sp³-hybridized carbons (Fsp3) is 0.423. The third-order valence-electron chi connectivity index (χ3n) is 5.35. The Balaban J connectivity index is 1.67. The second-order valence-corrected chi connectivity index (χ2v) is 11.1. The number of hydrogen-bond donors (Lipinski definition) is 1. The van der Waals surface area contributed by atoms with Crippen molar-refractivity contribution in [3.63, 3.8) is 0 Å². The van der Waals surface area contributed by atoms with Crippen molar-refractivity contribution < 1.29 is 18.7 Å². The van der Waals surface area contributed by atoms with Crippen LogP contribution < -0.4 is 0 Å². The van der Waals surface area contributed by atoms with Crippen LogP contribution in [0, 0.1) is 5.82 Å². The summed E-state index contributed by atoms with van der Waals surface area (Å²) in [4.78, 5) is 12.2. The molecule has 33 heavy (non-hydrogen) atoms. The molecule has 0 amide bonds. The lowest BCUT2D eigenvalue weighted by molar-refractivity contribution is 0.102. The Morgan fingerprint density at radius 3 is 2.09 bits per heavy atom. The number of carbonyl (C=O) groups is 1. The highest BCUT2D eigenvalue weighted by Gasteiger charge is 2.26. The van der Waals surface area contributed by atoms with E-state index < -0.39 is 0 Å². The summed E-state index contributed by atoms with van der Waals surface area (Å²) in [6, 6.07) is 9.57. The van der Waals surface area contributed by atoms with E-state index in [0.717, 1.165) is 16.7 Å². The first-order valence-corrected chi connectivity index (χ1v) is 11.9. The maximum absolute atomic E-state index is 13.0. The Morgan fingerprint density at radius 2 is 1.55 bits per heavy atom. The van der Waals surface area contributed by atoms with Crippen LogP contribution in [0.1, 0.15) is 74.5 Å². The molecular formula is C26H31FN2O3S. The number of benzene rings is 2. The van der Waals surface area contributed by atoms with Gasteiger partial charge < -0.3 is 9.52 Å². The Bertz CT molecular complexity index is 1090. The van der Waals surface area contributed by atoms with E-state index in [1.165, 1.54) is 36.0 Å². The van der Waals surface area contributed by atoms with Crippen molar-refractivity contribution in [1.29, 1.82) is 0 Å². The molecule has 0 saturated heterocycles. The number of aryl methyl sites for hydroxylation is 2. The second kappa shape index (κ2) is 9.67. The highest BCUT2D eigenvalue weighted by Crippen LogP contribution is 2.40. The molecular weight excluding hydrogens is 439 g/mol. The zero-order valence-corrected chi connectivity index (χ0v) is 20.8. The third-order valence-corrected chi connectivity index (χ3v) is 6.17. The van der Waals surface area contributed by atoms with Crippen molar-refractivity contribution in [2.75, 3.05) is 5.75 Å². The number of thioether (sulfide) groups is 1. The first-order chi connectivity index (χ1) is 15.3. The van der Waals surface area contributed by atoms with Gasteiger partial charge in [-0.3, -0.25) is 4.79 Å². The molecule has 1 N–H and O–H groups in total. The van der Waals surface area contributed by atoms with Crippen molar-refractivity contribution in [2.45, 2.75) is 70.4 Å². The monoisotopic (exact) mass is 470 g/mol. The van der Waals surface area contributed by atoms with Gasteiger partial charge >= 0.3 is 0 Å². The number of phenolic OH excluding ortho intramolecular Hbond substituents is 1. The predicted molar refractivity (Wildman–Crippen MR) is 129 cm³/mol. The van der Waals surface area contributed by atoms with E-state index in [9.17, 15) is 14.3 Å². The van der Waals surface area contributed by atoms with Gasteiger partial charge in [0.2, 0.25) is 5.89 Å². The van der Waals surface area contributed by atoms with E-state index in [1.807, 2.05) is 0 Å². The van der Waals surface area contributed by atoms with Crippen LogP contribution >= 0.6 is 11.8 Å². The number of nitrogens with zero attached hydrogens (tertiary/aromatic N) is 2. The lowest BCUT2D eigenvalue weighted by atomic mass is 9.78. The van der Waals surface area contributed by atoms with Crippen molar-refractivity contribution >= 4 is 17.5 Å². The van der Waals surface area contributed by atoms with Crippen LogP contribution in [-0.2, 0) is 23.7 Å². The number of aromatic nitrogens is 2. The van der Waals surface area contributed by atoms with Crippen LogP contribution in [0.4, 0.5) is 4.39 Å². The molecule has 176 valence electrons. The van der Waals surface area contributed by atoms with E-state index in [2.05, 4.69) is 63.9 Å². The fourth-order valence-corrected chi connectivity index (χ4v) is 4.15. The van der Waals surface area contributed by atoms with Gasteiger partial charge in [0.05, 0.1) is 5.75 Å². The SMILES string of the molecule is CC(C)(C)c1cc(CCc2nnc(SCC(=O)c3ccc(F)cc3)o2)cc(C(C)(C)C)c1O. The molecule has 0 fully saturated rings. The van der Waals surface area contributed by atoms with Gasteiger partial charge in [0, 0.05) is 12.0 Å². The van der Waals surface area contributed by atoms with Gasteiger partial charge in [-0.1, -0.05) is 65.4 Å². The summed E-state index contributed by atoms with van der Waals surface area (Å²) in [7, 11) is 0. The number of aromatic hydroxyl groups is 1. The van der Waals surface area contributed by atoms with E-state index >= 15 is 0 Å². The molecule has 0 atom stereocenters. The minimum Gasteiger partial charge on any atom is -0.507 e. The summed E-state index contributed by atoms with van der Waals surface area (Å²) < 4.78 is 18.7. The van der Waals surface area contributed by atoms with Crippen molar-refractivity contribution in [3.8, 4) is 5.75 Å². The Morgan fingerprint density at radius 1 is 0.970 bits per heavy atom. The van der Waals surface area contributed by atoms with Gasteiger partial charge in [0.25, 0.3) is 5.22 Å². The van der Waals surface area contributed by atoms with Crippen LogP contribution in [0.3, 0.4) is 0 Å². The fourth-order valence-electron chi connectivity index (χ4n) is 3.48. The molecule has 0 aliphatic carbocycles. The molecule has 0 aliphatic rings. The van der Waals surface area contributed by atoms with Crippen LogP contribution in [0.5, 0.6) is 5.75 Å². The standard InChI is InChI=1S/C26H31FN2O3S/c1-25(2,3)19-13-16(14-20(23(19)31)26(4,5)6)7-12-22-28-29-24(32-22)33-15-21(30)17-8-10-18(27)11-9-17/h8-11,13-14,31H,7,12,15H2,1-6H3. The largest absolute Gasteiger partial charge is 0.507 e. The molecule has 3 aromatic rings. The number of ketones is 1. The van der Waals surface area contributed by atoms with Gasteiger partial charge in [-0.2, -0.15) is 0 Å². The van der Waals surface area contributed by atoms with Crippen molar-refractivity contribution in [3.05, 3.63) is 70.4 Å². The van der Waals surface area contributed by atoms with Gasteiger partial charge in [-0.05, 0) is 58.2 Å². The summed E-state index contributed by atoms with van der Waals surface area (Å²) in [5.74, 6) is 0.483. The Hall–Kier alpha value is -2.67. The molecule has 5 nitrogen and oxygen atoms in total. The summed E-state index contributed by atoms with van der Waals surface area (Å²) in [6.07, 6.45) is 1.24. The number of Topliss-reactive ketones (excluding diaryl/α,β-unsaturated/α-hetero) is 1. The predicted octanol–water partition coefficient (Wildman–Crippen LogP) is 6.27. The molecule has 1 heterocycles. The van der Waals surface area contributed by atoms with Crippen LogP contribution in [0.25, 0.3) is 0 Å². The van der Waals surface area contributed by atoms with E-state index in [4.69, 9.17) is 4.42 Å². The molecule has 0 saturated carbocycles. The van der Waals surface area contributed by atoms with E-state index in [0.29, 0.717) is 35.3 Å². The van der Waals surface area contributed by atoms with Gasteiger partial charge in [-0.25, -0.2) is 4.39 Å². The maximum atomic E-state index is 13.0. The first kappa shape index (κ1) is 25.0. The van der Waals surface area contributed by atoms with Gasteiger partial charge in [0.1, 0.15) is 11.6 Å². The molecule has 0 spiro atoms. The molecule has 0 bridgehead atoms. The molecule has 7 heteroatoms. The molecule has 1 aromatic heterocycles. The van der Waals surface area contributed by atoms with Crippen LogP contribution in [-0.4, -0.2) is 26.8 Å². The number of halogens is 1. The maximum Gasteiger partial charge on any atom is 0.277 e. The number of carbonyl (C=O) groups excluding carboxylic acids is 1. The summed E-state index contributed by atoms with van der Waals surface area (Å²) in [5.41, 5.74) is 3.01. The van der Waals surface area contributed by atoms with Gasteiger partial charge in [0.15, 0.2) is 5.78 Å². The summed E-state index contributed by atoms with van der Waals surface area (Å²) in [5, 5.41) is 19.3. The molecule has 2 aromatic carbocycles. The molecule has 0 unspecified atom stereocenters. The molecule has 3 rings (SSSR count). The minimum atomic E-state index is -0.376. The number of rotatable bonds is 7. The first-order valence-electron chi connectivity index (χ1n) is 11.0. The summed E-state index contributed by atoms with van der Waals surface area (Å²) in [6.45, 7) is 12.5. The normalized spacial score (nSPS) is 12.2. The van der Waals surface area contributed by atoms with Crippen molar-refractivity contribution in [2.24, 2.45) is 0 Å². The van der Waals surface area contributed by atoms with Crippen LogP contribution in [0.2, 0.25) is 0 Å². The number of hydrogen-bond acceptors (Lipinski definition) is 6. The summed E-state index contributed by atoms with van der Waals surface area (Å²) >= 11 is 1.17. The average molecular weight is 471 g/mol. The number of phenols is 1.